The molecule has 5 nitrogen and oxygen atoms in total. The number of benzene rings is 1. The average Bonchev–Trinajstić information content (AvgIpc) is 2.23. The number of esters is 1. The predicted molar refractivity (Wildman–Crippen MR) is 62.2 cm³/mol. The van der Waals surface area contributed by atoms with Gasteiger partial charge in [0, 0.05) is 0 Å². The van der Waals surface area contributed by atoms with Crippen LogP contribution in [0.4, 0.5) is 0 Å². The highest BCUT2D eigenvalue weighted by Crippen LogP contribution is 2.12. The van der Waals surface area contributed by atoms with Crippen LogP contribution >= 0.6 is 0 Å². The van der Waals surface area contributed by atoms with E-state index in [1.807, 2.05) is 0 Å². The zero-order chi connectivity index (χ0) is 13.1. The van der Waals surface area contributed by atoms with Crippen molar-refractivity contribution in [1.29, 1.82) is 0 Å². The van der Waals surface area contributed by atoms with Crippen LogP contribution in [0.1, 0.15) is 21.5 Å². The zero-order valence-corrected chi connectivity index (χ0v) is 10.7. The van der Waals surface area contributed by atoms with Gasteiger partial charge in [0.2, 0.25) is 0 Å². The molecular formula is C11H14O5S. The molecule has 0 aliphatic rings. The first kappa shape index (κ1) is 13.7. The van der Waals surface area contributed by atoms with Gasteiger partial charge in [-0.1, -0.05) is 6.07 Å². The van der Waals surface area contributed by atoms with E-state index in [1.165, 1.54) is 7.11 Å². The van der Waals surface area contributed by atoms with Crippen LogP contribution < -0.4 is 0 Å². The molecule has 0 fully saturated rings. The summed E-state index contributed by atoms with van der Waals surface area (Å²) in [6.07, 6.45) is 0.976. The molecule has 0 N–H and O–H groups in total. The molecular weight excluding hydrogens is 244 g/mol. The Morgan fingerprint density at radius 1 is 1.29 bits per heavy atom. The Hall–Kier alpha value is -1.40. The number of hydrogen-bond acceptors (Lipinski definition) is 5. The minimum absolute atomic E-state index is 0.0928. The van der Waals surface area contributed by atoms with Gasteiger partial charge in [0.05, 0.1) is 25.5 Å². The number of carbonyl (C=O) groups is 1. The third kappa shape index (κ3) is 4.54. The second-order valence-corrected chi connectivity index (χ2v) is 5.31. The lowest BCUT2D eigenvalue weighted by molar-refractivity contribution is 0.0600. The minimum atomic E-state index is -3.49. The van der Waals surface area contributed by atoms with E-state index in [0.29, 0.717) is 11.1 Å². The summed E-state index contributed by atoms with van der Waals surface area (Å²) in [4.78, 5) is 11.3. The predicted octanol–water partition coefficient (Wildman–Crippen LogP) is 1.26. The molecule has 0 saturated carbocycles. The molecule has 0 aliphatic heterocycles. The van der Waals surface area contributed by atoms with E-state index in [-0.39, 0.29) is 6.61 Å². The highest BCUT2D eigenvalue weighted by atomic mass is 32.2. The van der Waals surface area contributed by atoms with Crippen LogP contribution in [0.15, 0.2) is 18.2 Å². The van der Waals surface area contributed by atoms with Crippen LogP contribution in [0.3, 0.4) is 0 Å². The molecule has 0 radical (unpaired) electrons. The van der Waals surface area contributed by atoms with Gasteiger partial charge in [0.25, 0.3) is 10.1 Å². The molecule has 1 rings (SSSR count). The topological polar surface area (TPSA) is 69.7 Å². The van der Waals surface area contributed by atoms with Crippen molar-refractivity contribution >= 4 is 16.1 Å². The van der Waals surface area contributed by atoms with Gasteiger partial charge in [-0.3, -0.25) is 4.18 Å². The molecule has 1 aromatic carbocycles. The Kier molecular flexibility index (Phi) is 4.25. The van der Waals surface area contributed by atoms with Crippen molar-refractivity contribution in [1.82, 2.24) is 0 Å². The molecule has 1 aromatic rings. The molecule has 6 heteroatoms. The summed E-state index contributed by atoms with van der Waals surface area (Å²) in [6.45, 7) is 1.71. The van der Waals surface area contributed by atoms with Crippen LogP contribution in [0.25, 0.3) is 0 Å². The Labute approximate surface area is 100 Å². The zero-order valence-electron chi connectivity index (χ0n) is 9.89. The lowest BCUT2D eigenvalue weighted by Gasteiger charge is -2.06. The van der Waals surface area contributed by atoms with E-state index >= 15 is 0 Å². The van der Waals surface area contributed by atoms with E-state index in [9.17, 15) is 13.2 Å². The number of methoxy groups -OCH3 is 1. The number of carbonyl (C=O) groups excluding carboxylic acids is 1. The lowest BCUT2D eigenvalue weighted by Crippen LogP contribution is -2.06. The third-order valence-corrected chi connectivity index (χ3v) is 2.54. The first-order valence-corrected chi connectivity index (χ1v) is 6.67. The fourth-order valence-corrected chi connectivity index (χ4v) is 1.71. The molecule has 0 aliphatic carbocycles. The van der Waals surface area contributed by atoms with Crippen LogP contribution in [0.2, 0.25) is 0 Å². The summed E-state index contributed by atoms with van der Waals surface area (Å²) < 4.78 is 31.0. The van der Waals surface area contributed by atoms with Crippen molar-refractivity contribution in [3.05, 3.63) is 34.9 Å². The number of hydrogen-bond donors (Lipinski definition) is 0. The molecule has 0 saturated heterocycles. The Bertz CT molecular complexity index is 519. The summed E-state index contributed by atoms with van der Waals surface area (Å²) in [5, 5.41) is 0. The van der Waals surface area contributed by atoms with E-state index in [2.05, 4.69) is 8.92 Å². The molecule has 0 heterocycles. The number of aryl methyl sites for hydroxylation is 1. The van der Waals surface area contributed by atoms with Gasteiger partial charge in [-0.25, -0.2) is 4.79 Å². The molecule has 0 amide bonds. The Morgan fingerprint density at radius 2 is 1.94 bits per heavy atom. The quantitative estimate of drug-likeness (QED) is 0.600. The maximum atomic E-state index is 11.3. The number of rotatable bonds is 4. The van der Waals surface area contributed by atoms with Gasteiger partial charge in [0.15, 0.2) is 0 Å². The van der Waals surface area contributed by atoms with Crippen molar-refractivity contribution in [3.63, 3.8) is 0 Å². The van der Waals surface area contributed by atoms with Crippen molar-refractivity contribution in [2.45, 2.75) is 13.5 Å². The molecule has 0 unspecified atom stereocenters. The highest BCUT2D eigenvalue weighted by Gasteiger charge is 2.09. The molecule has 94 valence electrons. The van der Waals surface area contributed by atoms with Crippen molar-refractivity contribution < 1.29 is 22.1 Å². The summed E-state index contributed by atoms with van der Waals surface area (Å²) in [5.41, 5.74) is 1.82. The summed E-state index contributed by atoms with van der Waals surface area (Å²) in [6, 6.07) is 4.96. The maximum absolute atomic E-state index is 11.3. The monoisotopic (exact) mass is 258 g/mol. The van der Waals surface area contributed by atoms with Crippen LogP contribution in [0, 0.1) is 6.92 Å². The fraction of sp³-hybridized carbons (Fsp3) is 0.364. The van der Waals surface area contributed by atoms with Gasteiger partial charge in [-0.2, -0.15) is 8.42 Å². The van der Waals surface area contributed by atoms with Gasteiger partial charge in [-0.05, 0) is 30.2 Å². The van der Waals surface area contributed by atoms with Crippen molar-refractivity contribution in [3.8, 4) is 0 Å². The third-order valence-electron chi connectivity index (χ3n) is 2.00. The van der Waals surface area contributed by atoms with Crippen LogP contribution in [0.5, 0.6) is 0 Å². The standard InChI is InChI=1S/C11H14O5S/c1-8-4-9(7-16-17(3,13)14)6-10(5-8)11(12)15-2/h4-6H,7H2,1-3H3. The second-order valence-electron chi connectivity index (χ2n) is 3.67. The van der Waals surface area contributed by atoms with Crippen LogP contribution in [-0.4, -0.2) is 27.8 Å². The summed E-state index contributed by atoms with van der Waals surface area (Å²) in [5.74, 6) is -0.464. The summed E-state index contributed by atoms with van der Waals surface area (Å²) in [7, 11) is -2.20. The molecule has 0 spiro atoms. The molecule has 0 aromatic heterocycles. The van der Waals surface area contributed by atoms with Gasteiger partial charge >= 0.3 is 5.97 Å². The Morgan fingerprint density at radius 3 is 2.47 bits per heavy atom. The highest BCUT2D eigenvalue weighted by molar-refractivity contribution is 7.85. The SMILES string of the molecule is COC(=O)c1cc(C)cc(COS(C)(=O)=O)c1. The smallest absolute Gasteiger partial charge is 0.337 e. The second kappa shape index (κ2) is 5.29. The average molecular weight is 258 g/mol. The van der Waals surface area contributed by atoms with Gasteiger partial charge in [-0.15, -0.1) is 0 Å². The van der Waals surface area contributed by atoms with E-state index in [1.54, 1.807) is 25.1 Å². The molecule has 0 bridgehead atoms. The van der Waals surface area contributed by atoms with Gasteiger partial charge < -0.3 is 4.74 Å². The van der Waals surface area contributed by atoms with E-state index in [0.717, 1.165) is 11.8 Å². The lowest BCUT2D eigenvalue weighted by atomic mass is 10.1. The van der Waals surface area contributed by atoms with E-state index in [4.69, 9.17) is 0 Å². The van der Waals surface area contributed by atoms with E-state index < -0.39 is 16.1 Å². The van der Waals surface area contributed by atoms with Gasteiger partial charge in [0.1, 0.15) is 0 Å². The first-order valence-electron chi connectivity index (χ1n) is 4.85. The Balaban J connectivity index is 2.94. The van der Waals surface area contributed by atoms with Crippen molar-refractivity contribution in [2.24, 2.45) is 0 Å². The fourth-order valence-electron chi connectivity index (χ4n) is 1.36. The number of ether oxygens (including phenoxy) is 1. The largest absolute Gasteiger partial charge is 0.465 e. The minimum Gasteiger partial charge on any atom is -0.465 e. The molecule has 0 atom stereocenters. The van der Waals surface area contributed by atoms with Crippen molar-refractivity contribution in [2.75, 3.05) is 13.4 Å². The summed E-state index contributed by atoms with van der Waals surface area (Å²) >= 11 is 0. The maximum Gasteiger partial charge on any atom is 0.337 e. The van der Waals surface area contributed by atoms with Crippen LogP contribution in [-0.2, 0) is 25.6 Å². The normalized spacial score (nSPS) is 11.2. The molecule has 17 heavy (non-hydrogen) atoms. The first-order chi connectivity index (χ1) is 7.81.